The molecule has 17 heavy (non-hydrogen) atoms. The smallest absolute Gasteiger partial charge is 0.230 e. The van der Waals surface area contributed by atoms with Gasteiger partial charge in [0.1, 0.15) is 12.4 Å². The second-order valence-corrected chi connectivity index (χ2v) is 3.46. The number of nitrogens with one attached hydrogen (secondary N) is 2. The summed E-state index contributed by atoms with van der Waals surface area (Å²) in [5.41, 5.74) is 0.838. The highest BCUT2D eigenvalue weighted by molar-refractivity contribution is 5.87. The van der Waals surface area contributed by atoms with E-state index in [9.17, 15) is 9.59 Å². The van der Waals surface area contributed by atoms with Crippen LogP contribution in [0, 0.1) is 0 Å². The van der Waals surface area contributed by atoms with Gasteiger partial charge in [0.2, 0.25) is 12.3 Å². The minimum absolute atomic E-state index is 0.190. The highest BCUT2D eigenvalue weighted by Crippen LogP contribution is 2.12. The fourth-order valence-electron chi connectivity index (χ4n) is 1.28. The summed E-state index contributed by atoms with van der Waals surface area (Å²) in [6, 6.07) is 7.22. The van der Waals surface area contributed by atoms with Crippen molar-refractivity contribution in [2.75, 3.05) is 20.2 Å². The summed E-state index contributed by atoms with van der Waals surface area (Å²) in [5.74, 6) is 0.448. The molecule has 0 aliphatic carbocycles. The van der Waals surface area contributed by atoms with E-state index in [0.717, 1.165) is 17.9 Å². The second kappa shape index (κ2) is 7.40. The van der Waals surface area contributed by atoms with Gasteiger partial charge in [0.05, 0.1) is 6.42 Å². The van der Waals surface area contributed by atoms with Crippen LogP contribution in [0.4, 0.5) is 0 Å². The number of carbonyl (C=O) groups excluding carboxylic acids is 2. The van der Waals surface area contributed by atoms with E-state index in [2.05, 4.69) is 10.6 Å². The molecule has 5 heteroatoms. The lowest BCUT2D eigenvalue weighted by Gasteiger charge is -2.06. The summed E-state index contributed by atoms with van der Waals surface area (Å²) < 4.78 is 5.43. The number of ether oxygens (including phenoxy) is 1. The van der Waals surface area contributed by atoms with E-state index in [0.29, 0.717) is 13.0 Å². The van der Waals surface area contributed by atoms with Crippen molar-refractivity contribution >= 4 is 12.3 Å². The first-order chi connectivity index (χ1) is 8.26. The summed E-state index contributed by atoms with van der Waals surface area (Å²) in [4.78, 5) is 21.2. The molecule has 1 aromatic carbocycles. The van der Waals surface area contributed by atoms with E-state index in [1.165, 1.54) is 0 Å². The normalized spacial score (nSPS) is 9.71. The molecule has 0 radical (unpaired) electrons. The molecular weight excluding hydrogens is 220 g/mol. The van der Waals surface area contributed by atoms with Gasteiger partial charge in [-0.1, -0.05) is 12.1 Å². The van der Waals surface area contributed by atoms with E-state index in [1.807, 2.05) is 7.05 Å². The molecule has 0 spiro atoms. The highest BCUT2D eigenvalue weighted by Gasteiger charge is 2.02. The molecular formula is C12H16N2O3. The van der Waals surface area contributed by atoms with Crippen molar-refractivity contribution in [3.8, 4) is 5.75 Å². The van der Waals surface area contributed by atoms with Crippen LogP contribution in [-0.4, -0.2) is 32.5 Å². The SMILES string of the molecule is CNCCOc1ccc(CC(=O)NC=O)cc1. The minimum atomic E-state index is -0.316. The zero-order valence-corrected chi connectivity index (χ0v) is 9.73. The number of amides is 2. The van der Waals surface area contributed by atoms with E-state index < -0.39 is 0 Å². The Morgan fingerprint density at radius 3 is 2.65 bits per heavy atom. The molecule has 0 bridgehead atoms. The fraction of sp³-hybridized carbons (Fsp3) is 0.333. The van der Waals surface area contributed by atoms with Crippen molar-refractivity contribution in [2.24, 2.45) is 0 Å². The first kappa shape index (κ1) is 13.2. The Morgan fingerprint density at radius 1 is 1.35 bits per heavy atom. The Kier molecular flexibility index (Phi) is 5.74. The van der Waals surface area contributed by atoms with Gasteiger partial charge < -0.3 is 10.1 Å². The molecule has 1 aromatic rings. The molecule has 0 aliphatic rings. The van der Waals surface area contributed by atoms with Gasteiger partial charge in [0.25, 0.3) is 0 Å². The molecule has 2 N–H and O–H groups in total. The Balaban J connectivity index is 2.44. The van der Waals surface area contributed by atoms with Gasteiger partial charge in [-0.05, 0) is 24.7 Å². The lowest BCUT2D eigenvalue weighted by atomic mass is 10.1. The van der Waals surface area contributed by atoms with E-state index >= 15 is 0 Å². The van der Waals surface area contributed by atoms with Crippen molar-refractivity contribution in [2.45, 2.75) is 6.42 Å². The summed E-state index contributed by atoms with van der Waals surface area (Å²) in [6.07, 6.45) is 0.576. The molecule has 0 heterocycles. The van der Waals surface area contributed by atoms with Gasteiger partial charge >= 0.3 is 0 Å². The van der Waals surface area contributed by atoms with Gasteiger partial charge in [-0.25, -0.2) is 0 Å². The number of likely N-dealkylation sites (N-methyl/N-ethyl adjacent to an activating group) is 1. The molecule has 2 amide bonds. The van der Waals surface area contributed by atoms with Crippen LogP contribution in [0.1, 0.15) is 5.56 Å². The van der Waals surface area contributed by atoms with Crippen LogP contribution in [0.15, 0.2) is 24.3 Å². The van der Waals surface area contributed by atoms with Crippen LogP contribution in [-0.2, 0) is 16.0 Å². The number of imide groups is 1. The molecule has 0 atom stereocenters. The predicted molar refractivity (Wildman–Crippen MR) is 63.8 cm³/mol. The third-order valence-electron chi connectivity index (χ3n) is 2.13. The average Bonchev–Trinajstić information content (AvgIpc) is 2.32. The maximum absolute atomic E-state index is 11.1. The van der Waals surface area contributed by atoms with Crippen molar-refractivity contribution in [3.63, 3.8) is 0 Å². The lowest BCUT2D eigenvalue weighted by molar-refractivity contribution is -0.124. The van der Waals surface area contributed by atoms with Crippen LogP contribution < -0.4 is 15.4 Å². The maximum Gasteiger partial charge on any atom is 0.230 e. The van der Waals surface area contributed by atoms with Gasteiger partial charge in [0.15, 0.2) is 0 Å². The molecule has 0 aromatic heterocycles. The maximum atomic E-state index is 11.1. The molecule has 5 nitrogen and oxygen atoms in total. The largest absolute Gasteiger partial charge is 0.492 e. The summed E-state index contributed by atoms with van der Waals surface area (Å²) in [7, 11) is 1.86. The monoisotopic (exact) mass is 236 g/mol. The standard InChI is InChI=1S/C12H16N2O3/c1-13-6-7-17-11-4-2-10(3-5-11)8-12(16)14-9-15/h2-5,9,13H,6-8H2,1H3,(H,14,15,16). The van der Waals surface area contributed by atoms with Crippen LogP contribution in [0.3, 0.4) is 0 Å². The average molecular weight is 236 g/mol. The summed E-state index contributed by atoms with van der Waals surface area (Å²) in [5, 5.41) is 5.07. The number of hydrogen-bond donors (Lipinski definition) is 2. The molecule has 0 saturated carbocycles. The number of rotatable bonds is 7. The zero-order chi connectivity index (χ0) is 12.5. The second-order valence-electron chi connectivity index (χ2n) is 3.46. The van der Waals surface area contributed by atoms with Crippen LogP contribution in [0.25, 0.3) is 0 Å². The van der Waals surface area contributed by atoms with Crippen molar-refractivity contribution in [1.82, 2.24) is 10.6 Å². The third-order valence-corrected chi connectivity index (χ3v) is 2.13. The Hall–Kier alpha value is -1.88. The van der Waals surface area contributed by atoms with Crippen LogP contribution in [0.5, 0.6) is 5.75 Å². The first-order valence-electron chi connectivity index (χ1n) is 5.35. The number of benzene rings is 1. The summed E-state index contributed by atoms with van der Waals surface area (Å²) >= 11 is 0. The Bertz CT molecular complexity index is 363. The molecule has 0 unspecified atom stereocenters. The van der Waals surface area contributed by atoms with E-state index in [-0.39, 0.29) is 12.3 Å². The zero-order valence-electron chi connectivity index (χ0n) is 9.73. The van der Waals surface area contributed by atoms with E-state index in [1.54, 1.807) is 24.3 Å². The van der Waals surface area contributed by atoms with Crippen LogP contribution >= 0.6 is 0 Å². The molecule has 0 fully saturated rings. The topological polar surface area (TPSA) is 67.4 Å². The quantitative estimate of drug-likeness (QED) is 0.520. The minimum Gasteiger partial charge on any atom is -0.492 e. The first-order valence-corrected chi connectivity index (χ1v) is 5.35. The van der Waals surface area contributed by atoms with Crippen LogP contribution in [0.2, 0.25) is 0 Å². The molecule has 0 aliphatic heterocycles. The van der Waals surface area contributed by atoms with Gasteiger partial charge in [-0.3, -0.25) is 14.9 Å². The van der Waals surface area contributed by atoms with E-state index in [4.69, 9.17) is 4.74 Å². The third kappa shape index (κ3) is 5.12. The Morgan fingerprint density at radius 2 is 2.06 bits per heavy atom. The lowest BCUT2D eigenvalue weighted by Crippen LogP contribution is -2.23. The fourth-order valence-corrected chi connectivity index (χ4v) is 1.28. The number of carbonyl (C=O) groups is 2. The molecule has 92 valence electrons. The number of hydrogen-bond acceptors (Lipinski definition) is 4. The van der Waals surface area contributed by atoms with Gasteiger partial charge in [-0.15, -0.1) is 0 Å². The van der Waals surface area contributed by atoms with Gasteiger partial charge in [-0.2, -0.15) is 0 Å². The Labute approximate surface area is 100 Å². The molecule has 1 rings (SSSR count). The van der Waals surface area contributed by atoms with Crippen molar-refractivity contribution in [3.05, 3.63) is 29.8 Å². The van der Waals surface area contributed by atoms with Crippen molar-refractivity contribution in [1.29, 1.82) is 0 Å². The summed E-state index contributed by atoms with van der Waals surface area (Å²) in [6.45, 7) is 1.38. The molecule has 0 saturated heterocycles. The van der Waals surface area contributed by atoms with Gasteiger partial charge in [0, 0.05) is 6.54 Å². The highest BCUT2D eigenvalue weighted by atomic mass is 16.5. The van der Waals surface area contributed by atoms with Crippen molar-refractivity contribution < 1.29 is 14.3 Å². The predicted octanol–water partition coefficient (Wildman–Crippen LogP) is 0.0999.